The molecule has 1 saturated heterocycles. The van der Waals surface area contributed by atoms with Crippen molar-refractivity contribution in [3.05, 3.63) is 123 Å². The van der Waals surface area contributed by atoms with E-state index in [4.69, 9.17) is 9.47 Å². The zero-order chi connectivity index (χ0) is 31.2. The summed E-state index contributed by atoms with van der Waals surface area (Å²) >= 11 is 0.989. The van der Waals surface area contributed by atoms with E-state index in [-0.39, 0.29) is 49.9 Å². The summed E-state index contributed by atoms with van der Waals surface area (Å²) < 4.78 is 44.0. The molecule has 3 aliphatic heterocycles. The molecule has 1 aromatic heterocycles. The van der Waals surface area contributed by atoms with Gasteiger partial charge in [-0.1, -0.05) is 60.3 Å². The summed E-state index contributed by atoms with van der Waals surface area (Å²) in [5, 5.41) is 1.87. The van der Waals surface area contributed by atoms with Gasteiger partial charge in [0.15, 0.2) is 28.7 Å². The van der Waals surface area contributed by atoms with Crippen LogP contribution >= 0.6 is 11.8 Å². The van der Waals surface area contributed by atoms with Crippen molar-refractivity contribution in [3.63, 3.8) is 0 Å². The Hall–Kier alpha value is -4.68. The highest BCUT2D eigenvalue weighted by molar-refractivity contribution is 8.12. The predicted molar refractivity (Wildman–Crippen MR) is 165 cm³/mol. The fraction of sp³-hybridized carbons (Fsp3) is 0.242. The maximum atomic E-state index is 15.7. The molecule has 12 heteroatoms. The summed E-state index contributed by atoms with van der Waals surface area (Å²) in [6, 6.07) is 18.0. The van der Waals surface area contributed by atoms with Gasteiger partial charge in [-0.05, 0) is 23.3 Å². The quantitative estimate of drug-likeness (QED) is 0.228. The molecule has 7 rings (SSSR count). The van der Waals surface area contributed by atoms with Crippen molar-refractivity contribution in [1.82, 2.24) is 9.58 Å². The van der Waals surface area contributed by atoms with Gasteiger partial charge in [0.05, 0.1) is 18.9 Å². The molecule has 230 valence electrons. The SMILES string of the molecule is CN1Cc2c(ccc(F)c2F)C(N2C3COCCN3C(=O)c3c(OCc4ccccc4)c(=O)ccn32)c2cccc(SC=O)c21. The van der Waals surface area contributed by atoms with E-state index in [2.05, 4.69) is 0 Å². The van der Waals surface area contributed by atoms with E-state index < -0.39 is 35.2 Å². The number of hydrogen-bond acceptors (Lipinski definition) is 8. The van der Waals surface area contributed by atoms with Gasteiger partial charge in [0.1, 0.15) is 18.8 Å². The smallest absolute Gasteiger partial charge is 0.278 e. The van der Waals surface area contributed by atoms with E-state index in [9.17, 15) is 18.8 Å². The van der Waals surface area contributed by atoms with Crippen molar-refractivity contribution >= 4 is 29.0 Å². The lowest BCUT2D eigenvalue weighted by molar-refractivity contribution is -0.0198. The number of ether oxygens (including phenoxy) is 2. The molecule has 2 unspecified atom stereocenters. The lowest BCUT2D eigenvalue weighted by Gasteiger charge is -2.51. The minimum absolute atomic E-state index is 0.0262. The first kappa shape index (κ1) is 29.1. The van der Waals surface area contributed by atoms with Crippen molar-refractivity contribution in [2.24, 2.45) is 0 Å². The molecule has 9 nitrogen and oxygen atoms in total. The minimum atomic E-state index is -0.980. The predicted octanol–water partition coefficient (Wildman–Crippen LogP) is 4.48. The molecule has 3 aliphatic rings. The van der Waals surface area contributed by atoms with Crippen LogP contribution in [0.4, 0.5) is 14.5 Å². The van der Waals surface area contributed by atoms with Crippen LogP contribution in [0.25, 0.3) is 0 Å². The number of pyridine rings is 1. The Bertz CT molecular complexity index is 1870. The van der Waals surface area contributed by atoms with Gasteiger partial charge in [0.25, 0.3) is 5.91 Å². The number of aromatic nitrogens is 1. The van der Waals surface area contributed by atoms with Crippen LogP contribution < -0.4 is 20.1 Å². The van der Waals surface area contributed by atoms with Crippen LogP contribution in [0, 0.1) is 11.6 Å². The molecule has 0 spiro atoms. The Morgan fingerprint density at radius 2 is 1.84 bits per heavy atom. The Labute approximate surface area is 261 Å². The molecule has 2 atom stereocenters. The zero-order valence-corrected chi connectivity index (χ0v) is 25.0. The number of halogens is 2. The first-order chi connectivity index (χ1) is 21.9. The molecule has 1 fully saturated rings. The van der Waals surface area contributed by atoms with Crippen LogP contribution in [0.15, 0.2) is 82.6 Å². The Morgan fingerprint density at radius 1 is 1.02 bits per heavy atom. The molecule has 3 aromatic carbocycles. The fourth-order valence-corrected chi connectivity index (χ4v) is 7.14. The average Bonchev–Trinajstić information content (AvgIpc) is 3.18. The van der Waals surface area contributed by atoms with E-state index in [1.807, 2.05) is 41.4 Å². The summed E-state index contributed by atoms with van der Waals surface area (Å²) in [6.45, 7) is 0.740. The Kier molecular flexibility index (Phi) is 7.54. The molecule has 4 aromatic rings. The number of carbonyl (C=O) groups excluding carboxylic acids is 2. The van der Waals surface area contributed by atoms with Gasteiger partial charge >= 0.3 is 0 Å². The molecule has 1 amide bonds. The number of amides is 1. The molecular formula is C33H28F2N4O5S. The Balaban J connectivity index is 1.49. The monoisotopic (exact) mass is 630 g/mol. The highest BCUT2D eigenvalue weighted by Gasteiger charge is 2.47. The molecule has 0 saturated carbocycles. The van der Waals surface area contributed by atoms with Crippen LogP contribution in [0.2, 0.25) is 0 Å². The number of morpholine rings is 1. The minimum Gasteiger partial charge on any atom is -0.482 e. The standard InChI is InChI=1S/C33H28F2N4O5S/c1-36-16-23-21(10-11-24(34)28(23)35)29(22-8-5-9-26(30(22)36)45-19-40)39-27-18-43-15-14-37(27)33(42)31-32(25(41)12-13-38(31)39)44-17-20-6-3-2-4-7-20/h2-13,19,27,29H,14-18H2,1H3. The number of nitrogens with zero attached hydrogens (tertiary/aromatic N) is 4. The number of para-hydroxylation sites is 1. The van der Waals surface area contributed by atoms with Gasteiger partial charge in [0.2, 0.25) is 5.43 Å². The number of thioether (sulfide) groups is 1. The number of rotatable bonds is 6. The van der Waals surface area contributed by atoms with Gasteiger partial charge < -0.3 is 19.3 Å². The normalized spacial score (nSPS) is 18.8. The number of benzene rings is 3. The van der Waals surface area contributed by atoms with Gasteiger partial charge in [-0.2, -0.15) is 0 Å². The third-order valence-corrected chi connectivity index (χ3v) is 9.13. The van der Waals surface area contributed by atoms with Crippen LogP contribution in [0.3, 0.4) is 0 Å². The number of carbonyl (C=O) groups is 2. The summed E-state index contributed by atoms with van der Waals surface area (Å²) in [5.74, 6) is -2.46. The van der Waals surface area contributed by atoms with Crippen LogP contribution in [-0.4, -0.2) is 54.1 Å². The van der Waals surface area contributed by atoms with Crippen LogP contribution in [0.5, 0.6) is 5.75 Å². The largest absolute Gasteiger partial charge is 0.482 e. The van der Waals surface area contributed by atoms with Crippen molar-refractivity contribution in [2.45, 2.75) is 30.3 Å². The maximum absolute atomic E-state index is 15.7. The topological polar surface area (TPSA) is 84.3 Å². The Morgan fingerprint density at radius 3 is 2.64 bits per heavy atom. The number of fused-ring (bicyclic) bond motifs is 4. The lowest BCUT2D eigenvalue weighted by atomic mass is 9.93. The van der Waals surface area contributed by atoms with Crippen LogP contribution in [-0.2, 0) is 22.7 Å². The summed E-state index contributed by atoms with van der Waals surface area (Å²) in [7, 11) is 1.76. The molecule has 4 heterocycles. The summed E-state index contributed by atoms with van der Waals surface area (Å²) in [6.07, 6.45) is 0.835. The van der Waals surface area contributed by atoms with Crippen molar-refractivity contribution in [1.29, 1.82) is 0 Å². The summed E-state index contributed by atoms with van der Waals surface area (Å²) in [5.41, 5.74) is 3.09. The second kappa shape index (κ2) is 11.7. The number of hydrogen-bond donors (Lipinski definition) is 0. The van der Waals surface area contributed by atoms with Crippen molar-refractivity contribution < 1.29 is 27.8 Å². The first-order valence-corrected chi connectivity index (χ1v) is 15.3. The third kappa shape index (κ3) is 4.84. The summed E-state index contributed by atoms with van der Waals surface area (Å²) in [4.78, 5) is 43.2. The van der Waals surface area contributed by atoms with Crippen LogP contribution in [0.1, 0.15) is 38.8 Å². The first-order valence-electron chi connectivity index (χ1n) is 14.4. The van der Waals surface area contributed by atoms with Gasteiger partial charge in [-0.15, -0.1) is 0 Å². The van der Waals surface area contributed by atoms with Crippen molar-refractivity contribution in [2.75, 3.05) is 36.7 Å². The van der Waals surface area contributed by atoms with Crippen molar-refractivity contribution in [3.8, 4) is 5.75 Å². The molecular weight excluding hydrogens is 602 g/mol. The second-order valence-electron chi connectivity index (χ2n) is 11.0. The molecule has 45 heavy (non-hydrogen) atoms. The van der Waals surface area contributed by atoms with Gasteiger partial charge in [-0.3, -0.25) is 24.1 Å². The third-order valence-electron chi connectivity index (χ3n) is 8.45. The van der Waals surface area contributed by atoms with E-state index >= 15 is 4.39 Å². The maximum Gasteiger partial charge on any atom is 0.278 e. The lowest BCUT2D eigenvalue weighted by Crippen LogP contribution is -2.66. The zero-order valence-electron chi connectivity index (χ0n) is 24.2. The van der Waals surface area contributed by atoms with E-state index in [0.717, 1.165) is 29.0 Å². The highest BCUT2D eigenvalue weighted by Crippen LogP contribution is 2.46. The highest BCUT2D eigenvalue weighted by atomic mass is 32.2. The average molecular weight is 631 g/mol. The second-order valence-corrected chi connectivity index (χ2v) is 11.9. The molecule has 0 bridgehead atoms. The molecule has 0 N–H and O–H groups in total. The number of anilines is 1. The van der Waals surface area contributed by atoms with Gasteiger partial charge in [-0.25, -0.2) is 8.78 Å². The molecule has 0 aliphatic carbocycles. The fourth-order valence-electron chi connectivity index (χ4n) is 6.50. The van der Waals surface area contributed by atoms with E-state index in [1.165, 1.54) is 12.3 Å². The van der Waals surface area contributed by atoms with E-state index in [0.29, 0.717) is 21.7 Å². The van der Waals surface area contributed by atoms with Gasteiger partial charge in [0, 0.05) is 48.4 Å². The van der Waals surface area contributed by atoms with E-state index in [1.54, 1.807) is 39.7 Å². The molecule has 0 radical (unpaired) electrons.